The first-order chi connectivity index (χ1) is 5.24. The molecule has 1 aromatic rings. The van der Waals surface area contributed by atoms with E-state index in [1.807, 2.05) is 6.07 Å². The molecule has 0 fully saturated rings. The summed E-state index contributed by atoms with van der Waals surface area (Å²) in [5.74, 6) is 0. The van der Waals surface area contributed by atoms with E-state index in [2.05, 4.69) is 12.9 Å². The zero-order valence-electron chi connectivity index (χ0n) is 5.66. The quantitative estimate of drug-likeness (QED) is 0.432. The van der Waals surface area contributed by atoms with Crippen molar-refractivity contribution < 1.29 is 4.92 Å². The van der Waals surface area contributed by atoms with Crippen molar-refractivity contribution in [2.45, 2.75) is 0 Å². The number of halogens is 1. The second-order valence-electron chi connectivity index (χ2n) is 2.06. The van der Waals surface area contributed by atoms with E-state index in [0.717, 1.165) is 3.69 Å². The summed E-state index contributed by atoms with van der Waals surface area (Å²) < 4.78 is 1.05. The summed E-state index contributed by atoms with van der Waals surface area (Å²) >= 11 is 2.90. The Morgan fingerprint density at radius 2 is 2.27 bits per heavy atom. The molecule has 54 valence electrons. The van der Waals surface area contributed by atoms with E-state index in [-0.39, 0.29) is 10.6 Å². The van der Waals surface area contributed by atoms with Crippen LogP contribution in [0.15, 0.2) is 24.3 Å². The van der Waals surface area contributed by atoms with Crippen LogP contribution in [0, 0.1) is 10.1 Å². The van der Waals surface area contributed by atoms with E-state index in [1.165, 1.54) is 6.07 Å². The molecule has 0 amide bonds. The first-order valence-corrected chi connectivity index (χ1v) is 7.64. The molecular formula is C6H4BrMgNO2. The number of nitrogens with zero attached hydrogens (tertiary/aromatic N) is 1. The summed E-state index contributed by atoms with van der Waals surface area (Å²) in [6.07, 6.45) is 0. The molecule has 0 bridgehead atoms. The van der Waals surface area contributed by atoms with Gasteiger partial charge in [0.25, 0.3) is 5.69 Å². The fraction of sp³-hybridized carbons (Fsp3) is 0. The number of nitro benzene ring substituents is 1. The molecule has 3 nitrogen and oxygen atoms in total. The third kappa shape index (κ3) is 2.43. The van der Waals surface area contributed by atoms with Crippen LogP contribution >= 0.6 is 12.9 Å². The lowest BCUT2D eigenvalue weighted by Gasteiger charge is -1.93. The van der Waals surface area contributed by atoms with Crippen LogP contribution in [-0.4, -0.2) is 23.1 Å². The topological polar surface area (TPSA) is 43.1 Å². The molecule has 0 aliphatic rings. The fourth-order valence-corrected chi connectivity index (χ4v) is 2.31. The predicted octanol–water partition coefficient (Wildman–Crippen LogP) is 1.23. The summed E-state index contributed by atoms with van der Waals surface area (Å²) in [6.45, 7) is 0. The minimum absolute atomic E-state index is 0.175. The molecule has 0 aliphatic heterocycles. The van der Waals surface area contributed by atoms with Gasteiger partial charge in [0.2, 0.25) is 0 Å². The molecule has 0 atom stereocenters. The molecular weight excluding hydrogens is 222 g/mol. The van der Waals surface area contributed by atoms with Gasteiger partial charge in [-0.3, -0.25) is 23.0 Å². The highest BCUT2D eigenvalue weighted by molar-refractivity contribution is 9.23. The van der Waals surface area contributed by atoms with E-state index in [0.29, 0.717) is 0 Å². The number of hydrogen-bond acceptors (Lipinski definition) is 2. The van der Waals surface area contributed by atoms with Crippen molar-refractivity contribution in [3.63, 3.8) is 0 Å². The SMILES string of the molecule is O=[N+]([O-])c1ccc[c]([Mg][Br])c1. The molecule has 0 saturated heterocycles. The predicted molar refractivity (Wildman–Crippen MR) is 47.4 cm³/mol. The van der Waals surface area contributed by atoms with Gasteiger partial charge in [-0.25, -0.2) is 0 Å². The lowest BCUT2D eigenvalue weighted by Crippen LogP contribution is -2.07. The van der Waals surface area contributed by atoms with E-state index < -0.39 is 18.2 Å². The third-order valence-corrected chi connectivity index (χ3v) is 3.97. The molecule has 1 rings (SSSR count). The fourth-order valence-electron chi connectivity index (χ4n) is 0.753. The summed E-state index contributed by atoms with van der Waals surface area (Å²) in [7, 11) is 0. The highest BCUT2D eigenvalue weighted by Gasteiger charge is 2.04. The van der Waals surface area contributed by atoms with Crippen LogP contribution in [0.3, 0.4) is 0 Å². The van der Waals surface area contributed by atoms with Gasteiger partial charge in [0.05, 0.1) is 4.92 Å². The second-order valence-corrected chi connectivity index (χ2v) is 4.83. The van der Waals surface area contributed by atoms with Crippen LogP contribution in [-0.2, 0) is 0 Å². The maximum absolute atomic E-state index is 10.3. The van der Waals surface area contributed by atoms with E-state index in [4.69, 9.17) is 0 Å². The van der Waals surface area contributed by atoms with Crippen LogP contribution in [0.1, 0.15) is 0 Å². The summed E-state index contributed by atoms with van der Waals surface area (Å²) in [5.41, 5.74) is 0.175. The van der Waals surface area contributed by atoms with Crippen molar-refractivity contribution in [2.24, 2.45) is 0 Å². The van der Waals surface area contributed by atoms with Gasteiger partial charge in [0, 0.05) is 6.07 Å². The van der Waals surface area contributed by atoms with Gasteiger partial charge in [-0.1, -0.05) is 12.1 Å². The van der Waals surface area contributed by atoms with E-state index >= 15 is 0 Å². The van der Waals surface area contributed by atoms with Gasteiger partial charge in [0.15, 0.2) is 0 Å². The number of rotatable bonds is 2. The van der Waals surface area contributed by atoms with Gasteiger partial charge >= 0.3 is 18.2 Å². The van der Waals surface area contributed by atoms with Crippen molar-refractivity contribution in [1.29, 1.82) is 0 Å². The number of benzene rings is 1. The maximum atomic E-state index is 10.3. The average molecular weight is 226 g/mol. The van der Waals surface area contributed by atoms with Gasteiger partial charge in [-0.05, 0) is 6.07 Å². The van der Waals surface area contributed by atoms with Gasteiger partial charge in [-0.15, -0.1) is 3.69 Å². The van der Waals surface area contributed by atoms with Crippen molar-refractivity contribution in [3.8, 4) is 0 Å². The lowest BCUT2D eigenvalue weighted by atomic mass is 10.3. The lowest BCUT2D eigenvalue weighted by molar-refractivity contribution is -0.384. The third-order valence-electron chi connectivity index (χ3n) is 1.28. The summed E-state index contributed by atoms with van der Waals surface area (Å²) in [5, 5.41) is 10.3. The number of nitro groups is 1. The Bertz CT molecular complexity index is 279. The maximum Gasteiger partial charge on any atom is 0.507 e. The molecule has 0 aliphatic carbocycles. The van der Waals surface area contributed by atoms with E-state index in [1.54, 1.807) is 12.1 Å². The standard InChI is InChI=1S/C6H4NO2.BrH.Mg/c8-7(9)6-4-2-1-3-5-6;;/h1-2,4-5H;1H;/q;;+1/p-1. The molecule has 0 unspecified atom stereocenters. The largest absolute Gasteiger partial charge is 0.507 e. The highest BCUT2D eigenvalue weighted by atomic mass is 79.9. The Labute approximate surface area is 79.5 Å². The van der Waals surface area contributed by atoms with Crippen LogP contribution in [0.25, 0.3) is 0 Å². The minimum atomic E-state index is -0.454. The monoisotopic (exact) mass is 225 g/mol. The number of non-ortho nitro benzene ring substituents is 1. The first-order valence-electron chi connectivity index (χ1n) is 3.03. The van der Waals surface area contributed by atoms with Crippen LogP contribution in [0.2, 0.25) is 0 Å². The molecule has 0 radical (unpaired) electrons. The molecule has 5 heteroatoms. The second kappa shape index (κ2) is 4.03. The van der Waals surface area contributed by atoms with Crippen molar-refractivity contribution in [3.05, 3.63) is 34.4 Å². The number of hydrogen-bond donors (Lipinski definition) is 0. The van der Waals surface area contributed by atoms with E-state index in [9.17, 15) is 10.1 Å². The average Bonchev–Trinajstić information content (AvgIpc) is 2.05. The van der Waals surface area contributed by atoms with Gasteiger partial charge < -0.3 is 0 Å². The Kier molecular flexibility index (Phi) is 3.29. The zero-order valence-corrected chi connectivity index (χ0v) is 8.66. The highest BCUT2D eigenvalue weighted by Crippen LogP contribution is 2.06. The Morgan fingerprint density at radius 1 is 1.55 bits per heavy atom. The molecule has 0 aromatic heterocycles. The molecule has 0 heterocycles. The van der Waals surface area contributed by atoms with Crippen LogP contribution < -0.4 is 3.69 Å². The Hall–Kier alpha value is -0.134. The van der Waals surface area contributed by atoms with Crippen molar-refractivity contribution in [2.75, 3.05) is 0 Å². The van der Waals surface area contributed by atoms with Crippen molar-refractivity contribution in [1.82, 2.24) is 0 Å². The van der Waals surface area contributed by atoms with Crippen LogP contribution in [0.5, 0.6) is 0 Å². The zero-order chi connectivity index (χ0) is 8.27. The summed E-state index contributed by atoms with van der Waals surface area (Å²) in [4.78, 5) is 9.90. The molecule has 11 heavy (non-hydrogen) atoms. The first kappa shape index (κ1) is 8.96. The normalized spacial score (nSPS) is 8.82. The molecule has 1 aromatic carbocycles. The smallest absolute Gasteiger partial charge is 0.296 e. The molecule has 0 spiro atoms. The van der Waals surface area contributed by atoms with Gasteiger partial charge in [-0.2, -0.15) is 0 Å². The Morgan fingerprint density at radius 3 is 2.82 bits per heavy atom. The molecule has 0 N–H and O–H groups in total. The molecule has 0 saturated carbocycles. The minimum Gasteiger partial charge on any atom is -0.296 e. The Balaban J connectivity index is 3.01. The van der Waals surface area contributed by atoms with Crippen LogP contribution in [0.4, 0.5) is 5.69 Å². The van der Waals surface area contributed by atoms with Crippen molar-refractivity contribution >= 4 is 40.5 Å². The summed E-state index contributed by atoms with van der Waals surface area (Å²) in [6, 6.07) is 6.72. The van der Waals surface area contributed by atoms with Gasteiger partial charge in [0.1, 0.15) is 0 Å².